The average molecular weight is 475 g/mol. The largest absolute Gasteiger partial charge is 0.573 e. The summed E-state index contributed by atoms with van der Waals surface area (Å²) in [6.07, 6.45) is -4.20. The number of hydrogen-bond donors (Lipinski definition) is 1. The molecule has 2 heterocycles. The van der Waals surface area contributed by atoms with E-state index in [0.29, 0.717) is 30.0 Å². The van der Waals surface area contributed by atoms with Crippen LogP contribution in [0.15, 0.2) is 51.2 Å². The predicted molar refractivity (Wildman–Crippen MR) is 107 cm³/mol. The molecule has 2 aromatic rings. The molecule has 0 atom stereocenters. The second-order valence-electron chi connectivity index (χ2n) is 6.78. The van der Waals surface area contributed by atoms with Crippen LogP contribution < -0.4 is 15.0 Å². The molecule has 174 valence electrons. The van der Waals surface area contributed by atoms with E-state index in [0.717, 1.165) is 24.3 Å². The molecule has 1 fully saturated rings. The van der Waals surface area contributed by atoms with Crippen molar-refractivity contribution in [3.63, 3.8) is 0 Å². The van der Waals surface area contributed by atoms with Gasteiger partial charge in [-0.1, -0.05) is 5.16 Å². The number of ether oxygens (including phenoxy) is 2. The summed E-state index contributed by atoms with van der Waals surface area (Å²) in [5, 5.41) is 4.02. The Balaban J connectivity index is 1.56. The topological polar surface area (TPSA) is 110 Å². The van der Waals surface area contributed by atoms with Gasteiger partial charge in [-0.25, -0.2) is 8.42 Å². The number of aromatic amines is 1. The van der Waals surface area contributed by atoms with E-state index in [4.69, 9.17) is 9.57 Å². The lowest BCUT2D eigenvalue weighted by Gasteiger charge is -2.26. The minimum Gasteiger partial charge on any atom is -0.482 e. The van der Waals surface area contributed by atoms with Gasteiger partial charge >= 0.3 is 6.36 Å². The summed E-state index contributed by atoms with van der Waals surface area (Å²) in [4.78, 5) is 19.2. The Bertz CT molecular complexity index is 1120. The van der Waals surface area contributed by atoms with Crippen molar-refractivity contribution >= 4 is 15.7 Å². The lowest BCUT2D eigenvalue weighted by Crippen LogP contribution is -2.38. The van der Waals surface area contributed by atoms with Crippen molar-refractivity contribution in [1.82, 2.24) is 9.29 Å². The summed E-state index contributed by atoms with van der Waals surface area (Å²) in [6.45, 7) is 0.326. The van der Waals surface area contributed by atoms with Gasteiger partial charge in [0.15, 0.2) is 5.88 Å². The Morgan fingerprint density at radius 1 is 1.12 bits per heavy atom. The number of benzene rings is 1. The first-order valence-corrected chi connectivity index (χ1v) is 10.8. The molecule has 0 aliphatic carbocycles. The van der Waals surface area contributed by atoms with Gasteiger partial charge in [-0.2, -0.15) is 4.31 Å². The van der Waals surface area contributed by atoms with E-state index in [1.165, 1.54) is 17.5 Å². The smallest absolute Gasteiger partial charge is 0.482 e. The summed E-state index contributed by atoms with van der Waals surface area (Å²) in [5.41, 5.74) is 0.877. The van der Waals surface area contributed by atoms with Crippen molar-refractivity contribution in [2.24, 2.45) is 5.16 Å². The van der Waals surface area contributed by atoms with Crippen LogP contribution >= 0.6 is 0 Å². The molecule has 1 aromatic carbocycles. The van der Waals surface area contributed by atoms with E-state index in [9.17, 15) is 26.4 Å². The highest BCUT2D eigenvalue weighted by Gasteiger charge is 2.32. The van der Waals surface area contributed by atoms with Gasteiger partial charge in [0.05, 0.1) is 17.7 Å². The van der Waals surface area contributed by atoms with Crippen LogP contribution in [0.2, 0.25) is 0 Å². The number of alkyl halides is 3. The van der Waals surface area contributed by atoms with E-state index in [1.807, 2.05) is 0 Å². The second-order valence-corrected chi connectivity index (χ2v) is 8.71. The quantitative estimate of drug-likeness (QED) is 0.617. The molecule has 13 heteroatoms. The average Bonchev–Trinajstić information content (AvgIpc) is 2.73. The molecule has 1 N–H and O–H groups in total. The third kappa shape index (κ3) is 6.23. The van der Waals surface area contributed by atoms with Crippen molar-refractivity contribution in [2.45, 2.75) is 30.7 Å². The number of methoxy groups -OCH3 is 1. The van der Waals surface area contributed by atoms with E-state index in [-0.39, 0.29) is 30.2 Å². The first-order chi connectivity index (χ1) is 15.1. The Morgan fingerprint density at radius 2 is 1.78 bits per heavy atom. The third-order valence-corrected chi connectivity index (χ3v) is 6.43. The zero-order chi connectivity index (χ0) is 23.4. The van der Waals surface area contributed by atoms with Gasteiger partial charge < -0.3 is 14.3 Å². The van der Waals surface area contributed by atoms with Gasteiger partial charge in [-0.05, 0) is 24.3 Å². The molecule has 0 spiro atoms. The first kappa shape index (κ1) is 23.6. The highest BCUT2D eigenvalue weighted by Crippen LogP contribution is 2.26. The number of oxime groups is 1. The van der Waals surface area contributed by atoms with E-state index in [2.05, 4.69) is 14.9 Å². The maximum atomic E-state index is 12.7. The Labute approximate surface area is 181 Å². The number of hydrogen-bond acceptors (Lipinski definition) is 7. The number of H-pyrrole nitrogens is 1. The summed E-state index contributed by atoms with van der Waals surface area (Å²) >= 11 is 0. The maximum absolute atomic E-state index is 12.7. The zero-order valence-corrected chi connectivity index (χ0v) is 17.7. The summed E-state index contributed by atoms with van der Waals surface area (Å²) in [7, 11) is -2.45. The van der Waals surface area contributed by atoms with Crippen LogP contribution in [0, 0.1) is 0 Å². The van der Waals surface area contributed by atoms with Crippen LogP contribution in [0.1, 0.15) is 18.4 Å². The van der Waals surface area contributed by atoms with Crippen molar-refractivity contribution in [3.05, 3.63) is 52.3 Å². The minimum absolute atomic E-state index is 0.0398. The molecule has 0 unspecified atom stereocenters. The second kappa shape index (κ2) is 9.61. The Kier molecular flexibility index (Phi) is 7.09. The molecule has 0 bridgehead atoms. The maximum Gasteiger partial charge on any atom is 0.573 e. The molecular weight excluding hydrogens is 455 g/mol. The van der Waals surface area contributed by atoms with Crippen LogP contribution in [0.3, 0.4) is 0 Å². The van der Waals surface area contributed by atoms with E-state index in [1.54, 1.807) is 6.07 Å². The van der Waals surface area contributed by atoms with Crippen molar-refractivity contribution in [1.29, 1.82) is 0 Å². The van der Waals surface area contributed by atoms with Gasteiger partial charge in [0.25, 0.3) is 5.56 Å². The minimum atomic E-state index is -4.85. The molecule has 0 radical (unpaired) electrons. The van der Waals surface area contributed by atoms with Crippen molar-refractivity contribution in [3.8, 4) is 11.6 Å². The lowest BCUT2D eigenvalue weighted by molar-refractivity contribution is -0.274. The monoisotopic (exact) mass is 475 g/mol. The summed E-state index contributed by atoms with van der Waals surface area (Å²) < 4.78 is 72.2. The van der Waals surface area contributed by atoms with Crippen molar-refractivity contribution < 1.29 is 35.9 Å². The normalized spacial score (nSPS) is 15.3. The summed E-state index contributed by atoms with van der Waals surface area (Å²) in [6, 6.07) is 6.99. The standard InChI is InChI=1S/C19H20F3N3O6S/c1-29-18-11-13(10-17(26)23-18)12-30-24-14-6-8-25(9-7-14)32(27,28)16-4-2-15(3-5-16)31-19(20,21)22/h2-5,10-11H,6-9,12H2,1H3,(H,23,26). The fourth-order valence-electron chi connectivity index (χ4n) is 3.00. The van der Waals surface area contributed by atoms with Gasteiger partial charge in [0.2, 0.25) is 10.0 Å². The SMILES string of the molecule is COc1cc(CON=C2CCN(S(=O)(=O)c3ccc(OC(F)(F)F)cc3)CC2)cc(=O)[nH]1. The number of nitrogens with one attached hydrogen (secondary N) is 1. The Morgan fingerprint density at radius 3 is 2.38 bits per heavy atom. The molecule has 1 saturated heterocycles. The highest BCUT2D eigenvalue weighted by atomic mass is 32.2. The molecule has 1 aromatic heterocycles. The Hall–Kier alpha value is -3.06. The molecule has 1 aliphatic heterocycles. The fraction of sp³-hybridized carbons (Fsp3) is 0.368. The third-order valence-electron chi connectivity index (χ3n) is 4.52. The summed E-state index contributed by atoms with van der Waals surface area (Å²) in [5.74, 6) is -0.208. The molecule has 1 aliphatic rings. The molecule has 0 saturated carbocycles. The number of halogens is 3. The number of pyridine rings is 1. The lowest BCUT2D eigenvalue weighted by atomic mass is 10.1. The van der Waals surface area contributed by atoms with Gasteiger partial charge in [-0.3, -0.25) is 9.78 Å². The molecule has 9 nitrogen and oxygen atoms in total. The highest BCUT2D eigenvalue weighted by molar-refractivity contribution is 7.89. The molecule has 32 heavy (non-hydrogen) atoms. The number of piperidine rings is 1. The fourth-order valence-corrected chi connectivity index (χ4v) is 4.44. The van der Waals surface area contributed by atoms with Gasteiger partial charge in [0.1, 0.15) is 12.4 Å². The van der Waals surface area contributed by atoms with Crippen LogP contribution in [-0.2, 0) is 21.5 Å². The number of rotatable bonds is 7. The van der Waals surface area contributed by atoms with Crippen molar-refractivity contribution in [2.75, 3.05) is 20.2 Å². The van der Waals surface area contributed by atoms with Crippen LogP contribution in [0.5, 0.6) is 11.6 Å². The first-order valence-electron chi connectivity index (χ1n) is 9.38. The van der Waals surface area contributed by atoms with Gasteiger partial charge in [0, 0.05) is 43.6 Å². The zero-order valence-electron chi connectivity index (χ0n) is 16.9. The molecular formula is C19H20F3N3O6S. The van der Waals surface area contributed by atoms with E-state index < -0.39 is 22.1 Å². The van der Waals surface area contributed by atoms with Crippen LogP contribution in [0.4, 0.5) is 13.2 Å². The predicted octanol–water partition coefficient (Wildman–Crippen LogP) is 2.64. The van der Waals surface area contributed by atoms with E-state index >= 15 is 0 Å². The van der Waals surface area contributed by atoms with Crippen LogP contribution in [-0.4, -0.2) is 50.0 Å². The van der Waals surface area contributed by atoms with Crippen LogP contribution in [0.25, 0.3) is 0 Å². The number of nitrogens with zero attached hydrogens (tertiary/aromatic N) is 2. The molecule has 0 amide bonds. The molecule has 3 rings (SSSR count). The van der Waals surface area contributed by atoms with Gasteiger partial charge in [-0.15, -0.1) is 13.2 Å². The number of aromatic nitrogens is 1. The number of sulfonamides is 1.